The van der Waals surface area contributed by atoms with Crippen molar-refractivity contribution < 1.29 is 27.6 Å². The molecule has 4 rings (SSSR count). The van der Waals surface area contributed by atoms with Crippen molar-refractivity contribution in [1.29, 1.82) is 0 Å². The predicted molar refractivity (Wildman–Crippen MR) is 110 cm³/mol. The van der Waals surface area contributed by atoms with E-state index in [1.165, 1.54) is 33.5 Å². The minimum atomic E-state index is -3.77. The van der Waals surface area contributed by atoms with Crippen molar-refractivity contribution in [3.63, 3.8) is 0 Å². The van der Waals surface area contributed by atoms with Crippen LogP contribution in [0.4, 0.5) is 5.69 Å². The lowest BCUT2D eigenvalue weighted by molar-refractivity contribution is -0.385. The Morgan fingerprint density at radius 1 is 1.03 bits per heavy atom. The van der Waals surface area contributed by atoms with Gasteiger partial charge in [-0.3, -0.25) is 14.9 Å². The fraction of sp³-hybridized carbons (Fsp3) is 0.316. The molecular formula is C19H18ClN3O7S. The Balaban J connectivity index is 1.53. The van der Waals surface area contributed by atoms with Crippen LogP contribution in [0.25, 0.3) is 0 Å². The Kier molecular flexibility index (Phi) is 5.73. The maximum absolute atomic E-state index is 13.0. The van der Waals surface area contributed by atoms with Gasteiger partial charge in [-0.1, -0.05) is 17.7 Å². The average molecular weight is 468 g/mol. The molecule has 0 saturated carbocycles. The number of ether oxygens (including phenoxy) is 2. The zero-order valence-corrected chi connectivity index (χ0v) is 17.8. The molecule has 0 bridgehead atoms. The first-order chi connectivity index (χ1) is 14.8. The number of carbonyl (C=O) groups excluding carboxylic acids is 1. The fourth-order valence-electron chi connectivity index (χ4n) is 3.48. The summed E-state index contributed by atoms with van der Waals surface area (Å²) in [4.78, 5) is 25.3. The summed E-state index contributed by atoms with van der Waals surface area (Å²) in [6.45, 7) is 0.825. The molecule has 0 unspecified atom stereocenters. The van der Waals surface area contributed by atoms with Crippen molar-refractivity contribution >= 4 is 33.2 Å². The summed E-state index contributed by atoms with van der Waals surface area (Å²) in [5, 5.41) is 11.8. The topological polar surface area (TPSA) is 119 Å². The van der Waals surface area contributed by atoms with Gasteiger partial charge >= 0.3 is 0 Å². The van der Waals surface area contributed by atoms with E-state index in [4.69, 9.17) is 21.1 Å². The summed E-state index contributed by atoms with van der Waals surface area (Å²) in [6, 6.07) is 8.45. The standard InChI is InChI=1S/C19H18ClN3O7S/c20-13-2-1-3-14(10-13)31(27,28)22-6-4-21(5-7-22)19(24)15-11-17-18(30-9-8-29-17)12-16(15)23(25)26/h1-3,10-12H,4-9H2. The van der Waals surface area contributed by atoms with Crippen molar-refractivity contribution in [2.45, 2.75) is 4.90 Å². The van der Waals surface area contributed by atoms with Gasteiger partial charge < -0.3 is 14.4 Å². The molecular weight excluding hydrogens is 450 g/mol. The molecule has 2 aliphatic heterocycles. The lowest BCUT2D eigenvalue weighted by Crippen LogP contribution is -2.50. The van der Waals surface area contributed by atoms with Crippen molar-refractivity contribution in [2.75, 3.05) is 39.4 Å². The van der Waals surface area contributed by atoms with Crippen LogP contribution < -0.4 is 9.47 Å². The average Bonchev–Trinajstić information content (AvgIpc) is 2.77. The minimum Gasteiger partial charge on any atom is -0.486 e. The van der Waals surface area contributed by atoms with Crippen LogP contribution in [-0.4, -0.2) is 67.8 Å². The quantitative estimate of drug-likeness (QED) is 0.499. The lowest BCUT2D eigenvalue weighted by Gasteiger charge is -2.34. The third-order valence-electron chi connectivity index (χ3n) is 5.05. The van der Waals surface area contributed by atoms with Gasteiger partial charge in [0, 0.05) is 37.3 Å². The van der Waals surface area contributed by atoms with E-state index < -0.39 is 20.9 Å². The second kappa shape index (κ2) is 8.33. The van der Waals surface area contributed by atoms with Crippen LogP contribution in [0.1, 0.15) is 10.4 Å². The number of piperazine rings is 1. The highest BCUT2D eigenvalue weighted by atomic mass is 35.5. The SMILES string of the molecule is O=C(c1cc2c(cc1[N+](=O)[O-])OCCO2)N1CCN(S(=O)(=O)c2cccc(Cl)c2)CC1. The Morgan fingerprint density at radius 2 is 1.68 bits per heavy atom. The summed E-state index contributed by atoms with van der Waals surface area (Å²) in [6.07, 6.45) is 0. The van der Waals surface area contributed by atoms with Crippen LogP contribution in [0, 0.1) is 10.1 Å². The van der Waals surface area contributed by atoms with E-state index in [-0.39, 0.29) is 67.0 Å². The molecule has 1 fully saturated rings. The predicted octanol–water partition coefficient (Wildman–Crippen LogP) is 2.17. The van der Waals surface area contributed by atoms with Gasteiger partial charge in [-0.05, 0) is 18.2 Å². The first kappa shape index (κ1) is 21.3. The van der Waals surface area contributed by atoms with Gasteiger partial charge in [0.1, 0.15) is 18.8 Å². The number of amides is 1. The number of nitro groups is 1. The third-order valence-corrected chi connectivity index (χ3v) is 7.18. The Hall–Kier alpha value is -2.89. The van der Waals surface area contributed by atoms with Gasteiger partial charge in [-0.2, -0.15) is 4.31 Å². The molecule has 0 spiro atoms. The van der Waals surface area contributed by atoms with Crippen LogP contribution in [0.2, 0.25) is 5.02 Å². The molecule has 0 radical (unpaired) electrons. The second-order valence-electron chi connectivity index (χ2n) is 6.92. The number of nitrogens with zero attached hydrogens (tertiary/aromatic N) is 3. The zero-order chi connectivity index (χ0) is 22.2. The van der Waals surface area contributed by atoms with Crippen LogP contribution in [0.15, 0.2) is 41.3 Å². The molecule has 2 aromatic rings. The second-order valence-corrected chi connectivity index (χ2v) is 9.30. The molecule has 31 heavy (non-hydrogen) atoms. The molecule has 1 saturated heterocycles. The summed E-state index contributed by atoms with van der Waals surface area (Å²) < 4.78 is 37.7. The largest absolute Gasteiger partial charge is 0.486 e. The fourth-order valence-corrected chi connectivity index (χ4v) is 5.20. The summed E-state index contributed by atoms with van der Waals surface area (Å²) in [5.74, 6) is -0.0854. The van der Waals surface area contributed by atoms with Crippen molar-refractivity contribution in [3.8, 4) is 11.5 Å². The molecule has 12 heteroatoms. The van der Waals surface area contributed by atoms with Gasteiger partial charge in [0.25, 0.3) is 11.6 Å². The molecule has 0 atom stereocenters. The van der Waals surface area contributed by atoms with E-state index in [1.807, 2.05) is 0 Å². The molecule has 2 aromatic carbocycles. The molecule has 2 aliphatic rings. The van der Waals surface area contributed by atoms with E-state index in [0.29, 0.717) is 5.02 Å². The first-order valence-corrected chi connectivity index (χ1v) is 11.2. The zero-order valence-electron chi connectivity index (χ0n) is 16.2. The van der Waals surface area contributed by atoms with E-state index >= 15 is 0 Å². The van der Waals surface area contributed by atoms with Gasteiger partial charge in [0.15, 0.2) is 11.5 Å². The first-order valence-electron chi connectivity index (χ1n) is 9.40. The van der Waals surface area contributed by atoms with E-state index in [9.17, 15) is 23.3 Å². The van der Waals surface area contributed by atoms with Crippen LogP contribution in [0.3, 0.4) is 0 Å². The monoisotopic (exact) mass is 467 g/mol. The van der Waals surface area contributed by atoms with Crippen molar-refractivity contribution in [1.82, 2.24) is 9.21 Å². The van der Waals surface area contributed by atoms with Crippen LogP contribution >= 0.6 is 11.6 Å². The number of benzene rings is 2. The van der Waals surface area contributed by atoms with E-state index in [0.717, 1.165) is 0 Å². The number of hydrogen-bond donors (Lipinski definition) is 0. The third kappa shape index (κ3) is 4.16. The van der Waals surface area contributed by atoms with Gasteiger partial charge in [-0.25, -0.2) is 8.42 Å². The highest BCUT2D eigenvalue weighted by Crippen LogP contribution is 2.37. The van der Waals surface area contributed by atoms with Gasteiger partial charge in [-0.15, -0.1) is 0 Å². The number of sulfonamides is 1. The minimum absolute atomic E-state index is 0.0545. The molecule has 1 amide bonds. The molecule has 164 valence electrons. The van der Waals surface area contributed by atoms with E-state index in [1.54, 1.807) is 12.1 Å². The van der Waals surface area contributed by atoms with Crippen molar-refractivity contribution in [2.24, 2.45) is 0 Å². The van der Waals surface area contributed by atoms with Gasteiger partial charge in [0.2, 0.25) is 10.0 Å². The number of rotatable bonds is 4. The smallest absolute Gasteiger partial charge is 0.286 e. The summed E-state index contributed by atoms with van der Waals surface area (Å²) in [7, 11) is -3.77. The maximum atomic E-state index is 13.0. The van der Waals surface area contributed by atoms with Crippen LogP contribution in [0.5, 0.6) is 11.5 Å². The number of fused-ring (bicyclic) bond motifs is 1. The molecule has 2 heterocycles. The number of hydrogen-bond acceptors (Lipinski definition) is 7. The summed E-state index contributed by atoms with van der Waals surface area (Å²) >= 11 is 5.90. The molecule has 0 aliphatic carbocycles. The number of halogens is 1. The Morgan fingerprint density at radius 3 is 2.29 bits per heavy atom. The number of carbonyl (C=O) groups is 1. The normalized spacial score (nSPS) is 16.7. The molecule has 10 nitrogen and oxygen atoms in total. The Bertz CT molecular complexity index is 1150. The maximum Gasteiger partial charge on any atom is 0.286 e. The number of nitro benzene ring substituents is 1. The highest BCUT2D eigenvalue weighted by Gasteiger charge is 2.34. The molecule has 0 aromatic heterocycles. The molecule has 0 N–H and O–H groups in total. The highest BCUT2D eigenvalue weighted by molar-refractivity contribution is 7.89. The summed E-state index contributed by atoms with van der Waals surface area (Å²) in [5.41, 5.74) is -0.511. The van der Waals surface area contributed by atoms with E-state index in [2.05, 4.69) is 0 Å². The van der Waals surface area contributed by atoms with Crippen molar-refractivity contribution in [3.05, 3.63) is 57.1 Å². The van der Waals surface area contributed by atoms with Crippen LogP contribution in [-0.2, 0) is 10.0 Å². The van der Waals surface area contributed by atoms with Gasteiger partial charge in [0.05, 0.1) is 15.9 Å². The Labute approximate surface area is 183 Å². The lowest BCUT2D eigenvalue weighted by atomic mass is 10.1.